The molecule has 0 spiro atoms. The van der Waals surface area contributed by atoms with Gasteiger partial charge in [0.05, 0.1) is 0 Å². The van der Waals surface area contributed by atoms with E-state index in [1.54, 1.807) is 0 Å². The summed E-state index contributed by atoms with van der Waals surface area (Å²) in [6.07, 6.45) is 1.94. The predicted molar refractivity (Wildman–Crippen MR) is 77.2 cm³/mol. The molecule has 2 rings (SSSR count). The summed E-state index contributed by atoms with van der Waals surface area (Å²) in [5.74, 6) is -0.202. The van der Waals surface area contributed by atoms with E-state index in [9.17, 15) is 4.79 Å². The number of rotatable bonds is 2. The van der Waals surface area contributed by atoms with Gasteiger partial charge < -0.3 is 9.30 Å². The Labute approximate surface area is 114 Å². The van der Waals surface area contributed by atoms with Crippen molar-refractivity contribution in [2.75, 3.05) is 0 Å². The van der Waals surface area contributed by atoms with Crippen molar-refractivity contribution in [3.63, 3.8) is 0 Å². The Morgan fingerprint density at radius 3 is 2.58 bits per heavy atom. The van der Waals surface area contributed by atoms with Crippen molar-refractivity contribution < 1.29 is 9.53 Å². The highest BCUT2D eigenvalue weighted by Gasteiger charge is 2.23. The van der Waals surface area contributed by atoms with Gasteiger partial charge >= 0.3 is 5.97 Å². The van der Waals surface area contributed by atoms with Crippen LogP contribution in [-0.4, -0.2) is 16.1 Å². The molecule has 0 saturated carbocycles. The van der Waals surface area contributed by atoms with Gasteiger partial charge in [0, 0.05) is 11.7 Å². The molecule has 0 amide bonds. The van der Waals surface area contributed by atoms with Crippen LogP contribution >= 0.6 is 0 Å². The minimum atomic E-state index is -0.454. The Morgan fingerprint density at radius 2 is 1.95 bits per heavy atom. The summed E-state index contributed by atoms with van der Waals surface area (Å²) >= 11 is 0. The second-order valence-electron chi connectivity index (χ2n) is 5.99. The van der Waals surface area contributed by atoms with Crippen molar-refractivity contribution in [1.29, 1.82) is 0 Å². The van der Waals surface area contributed by atoms with Crippen LogP contribution in [0.4, 0.5) is 0 Å². The lowest BCUT2D eigenvalue weighted by Crippen LogP contribution is -2.28. The fourth-order valence-corrected chi connectivity index (χ4v) is 2.10. The lowest BCUT2D eigenvalue weighted by Gasteiger charge is -2.23. The van der Waals surface area contributed by atoms with Gasteiger partial charge in [-0.1, -0.05) is 12.1 Å². The molecule has 0 aliphatic carbocycles. The number of esters is 1. The van der Waals surface area contributed by atoms with E-state index < -0.39 is 5.60 Å². The normalized spacial score (nSPS) is 13.5. The van der Waals surface area contributed by atoms with E-state index >= 15 is 0 Å². The first-order valence-electron chi connectivity index (χ1n) is 6.58. The first kappa shape index (κ1) is 13.7. The number of aryl methyl sites for hydroxylation is 1. The van der Waals surface area contributed by atoms with Crippen LogP contribution < -0.4 is 0 Å². The number of fused-ring (bicyclic) bond motifs is 1. The lowest BCUT2D eigenvalue weighted by atomic mass is 10.2. The molecule has 19 heavy (non-hydrogen) atoms. The quantitative estimate of drug-likeness (QED) is 0.767. The van der Waals surface area contributed by atoms with Crippen LogP contribution in [0.5, 0.6) is 0 Å². The van der Waals surface area contributed by atoms with E-state index in [2.05, 4.69) is 25.1 Å². The van der Waals surface area contributed by atoms with E-state index in [4.69, 9.17) is 4.74 Å². The summed E-state index contributed by atoms with van der Waals surface area (Å²) in [6.45, 7) is 9.57. The molecular weight excluding hydrogens is 238 g/mol. The number of nitrogens with zero attached hydrogens (tertiary/aromatic N) is 1. The Balaban J connectivity index is 2.33. The topological polar surface area (TPSA) is 31.2 Å². The Morgan fingerprint density at radius 1 is 1.26 bits per heavy atom. The molecular formula is C16H21NO2. The molecule has 1 unspecified atom stereocenters. The third-order valence-corrected chi connectivity index (χ3v) is 3.04. The molecule has 0 bridgehead atoms. The molecule has 0 aliphatic heterocycles. The molecule has 0 saturated heterocycles. The minimum Gasteiger partial charge on any atom is -0.458 e. The number of aromatic nitrogens is 1. The Kier molecular flexibility index (Phi) is 3.40. The van der Waals surface area contributed by atoms with Gasteiger partial charge in [0.1, 0.15) is 11.6 Å². The van der Waals surface area contributed by atoms with Crippen LogP contribution in [0.2, 0.25) is 0 Å². The van der Waals surface area contributed by atoms with Crippen molar-refractivity contribution in [3.8, 4) is 0 Å². The molecule has 1 heterocycles. The second-order valence-corrected chi connectivity index (χ2v) is 5.99. The van der Waals surface area contributed by atoms with E-state index in [-0.39, 0.29) is 12.0 Å². The van der Waals surface area contributed by atoms with Gasteiger partial charge in [0.2, 0.25) is 0 Å². The summed E-state index contributed by atoms with van der Waals surface area (Å²) in [5.41, 5.74) is 1.80. The number of carbonyl (C=O) groups is 1. The first-order chi connectivity index (χ1) is 8.78. The van der Waals surface area contributed by atoms with Gasteiger partial charge in [-0.3, -0.25) is 0 Å². The zero-order chi connectivity index (χ0) is 14.2. The average Bonchev–Trinajstić information content (AvgIpc) is 2.68. The maximum Gasteiger partial charge on any atom is 0.329 e. The molecule has 2 aromatic rings. The molecule has 0 fully saturated rings. The summed E-state index contributed by atoms with van der Waals surface area (Å²) in [5, 5.41) is 1.14. The number of hydrogen-bond donors (Lipinski definition) is 0. The maximum absolute atomic E-state index is 12.1. The molecule has 0 radical (unpaired) electrons. The van der Waals surface area contributed by atoms with Crippen molar-refractivity contribution in [1.82, 2.24) is 4.57 Å². The Bertz CT molecular complexity index is 605. The van der Waals surface area contributed by atoms with Gasteiger partial charge in [-0.2, -0.15) is 0 Å². The van der Waals surface area contributed by atoms with Crippen LogP contribution in [0.15, 0.2) is 30.5 Å². The molecule has 0 aliphatic rings. The van der Waals surface area contributed by atoms with Gasteiger partial charge in [-0.15, -0.1) is 0 Å². The van der Waals surface area contributed by atoms with E-state index in [0.717, 1.165) is 10.9 Å². The predicted octanol–water partition coefficient (Wildman–Crippen LogP) is 3.85. The van der Waals surface area contributed by atoms with Gasteiger partial charge in [-0.05, 0) is 57.7 Å². The molecule has 1 aromatic heterocycles. The Hall–Kier alpha value is -1.77. The van der Waals surface area contributed by atoms with Crippen molar-refractivity contribution in [2.24, 2.45) is 0 Å². The molecule has 3 heteroatoms. The second kappa shape index (κ2) is 4.72. The first-order valence-corrected chi connectivity index (χ1v) is 6.58. The SMILES string of the molecule is Cc1ccc2ccn(C(C)C(=O)OC(C)(C)C)c2c1. The number of hydrogen-bond acceptors (Lipinski definition) is 2. The molecule has 1 aromatic carbocycles. The van der Waals surface area contributed by atoms with Crippen molar-refractivity contribution >= 4 is 16.9 Å². The van der Waals surface area contributed by atoms with Gasteiger partial charge in [-0.25, -0.2) is 4.79 Å². The fraction of sp³-hybridized carbons (Fsp3) is 0.438. The standard InChI is InChI=1S/C16H21NO2/c1-11-6-7-13-8-9-17(14(13)10-11)12(2)15(18)19-16(3,4)5/h6-10,12H,1-5H3. The van der Waals surface area contributed by atoms with Crippen LogP contribution in [0, 0.1) is 6.92 Å². The highest BCUT2D eigenvalue weighted by Crippen LogP contribution is 2.23. The largest absolute Gasteiger partial charge is 0.458 e. The summed E-state index contributed by atoms with van der Waals surface area (Å²) in [7, 11) is 0. The van der Waals surface area contributed by atoms with E-state index in [0.29, 0.717) is 0 Å². The zero-order valence-electron chi connectivity index (χ0n) is 12.2. The summed E-state index contributed by atoms with van der Waals surface area (Å²) in [6, 6.07) is 7.94. The molecule has 1 atom stereocenters. The monoisotopic (exact) mass is 259 g/mol. The number of ether oxygens (including phenoxy) is 1. The van der Waals surface area contributed by atoms with E-state index in [1.807, 2.05) is 44.5 Å². The highest BCUT2D eigenvalue weighted by atomic mass is 16.6. The van der Waals surface area contributed by atoms with Crippen LogP contribution in [0.3, 0.4) is 0 Å². The zero-order valence-corrected chi connectivity index (χ0v) is 12.2. The molecule has 0 N–H and O–H groups in total. The minimum absolute atomic E-state index is 0.202. The fourth-order valence-electron chi connectivity index (χ4n) is 2.10. The summed E-state index contributed by atoms with van der Waals surface area (Å²) < 4.78 is 7.41. The van der Waals surface area contributed by atoms with Gasteiger partial charge in [0.25, 0.3) is 0 Å². The van der Waals surface area contributed by atoms with Gasteiger partial charge in [0.15, 0.2) is 0 Å². The van der Waals surface area contributed by atoms with Crippen molar-refractivity contribution in [3.05, 3.63) is 36.0 Å². The van der Waals surface area contributed by atoms with Crippen LogP contribution in [-0.2, 0) is 9.53 Å². The maximum atomic E-state index is 12.1. The highest BCUT2D eigenvalue weighted by molar-refractivity contribution is 5.84. The number of carbonyl (C=O) groups excluding carboxylic acids is 1. The third-order valence-electron chi connectivity index (χ3n) is 3.04. The smallest absolute Gasteiger partial charge is 0.329 e. The lowest BCUT2D eigenvalue weighted by molar-refractivity contribution is -0.158. The van der Waals surface area contributed by atoms with Crippen LogP contribution in [0.1, 0.15) is 39.3 Å². The third kappa shape index (κ3) is 2.98. The number of benzene rings is 1. The van der Waals surface area contributed by atoms with Crippen molar-refractivity contribution in [2.45, 2.75) is 46.3 Å². The van der Waals surface area contributed by atoms with E-state index in [1.165, 1.54) is 5.56 Å². The van der Waals surface area contributed by atoms with Crippen LogP contribution in [0.25, 0.3) is 10.9 Å². The molecule has 3 nitrogen and oxygen atoms in total. The average molecular weight is 259 g/mol. The summed E-state index contributed by atoms with van der Waals surface area (Å²) in [4.78, 5) is 12.1. The molecule has 102 valence electrons.